The van der Waals surface area contributed by atoms with Gasteiger partial charge in [0.1, 0.15) is 5.82 Å². The van der Waals surface area contributed by atoms with E-state index in [0.29, 0.717) is 6.54 Å². The molecule has 5 heteroatoms. The average Bonchev–Trinajstić information content (AvgIpc) is 3.29. The maximum atomic E-state index is 12.7. The first-order valence-electron chi connectivity index (χ1n) is 9.20. The summed E-state index contributed by atoms with van der Waals surface area (Å²) in [7, 11) is 0. The lowest BCUT2D eigenvalue weighted by atomic mass is 10.1. The maximum absolute atomic E-state index is 12.7. The molecule has 1 aliphatic rings. The quantitative estimate of drug-likeness (QED) is 0.749. The summed E-state index contributed by atoms with van der Waals surface area (Å²) in [6, 6.07) is 9.80. The molecule has 134 valence electrons. The van der Waals surface area contributed by atoms with Crippen molar-refractivity contribution >= 4 is 5.91 Å². The molecule has 1 unspecified atom stereocenters. The van der Waals surface area contributed by atoms with Crippen molar-refractivity contribution in [2.24, 2.45) is 0 Å². The van der Waals surface area contributed by atoms with E-state index in [-0.39, 0.29) is 12.0 Å². The molecule has 1 saturated carbocycles. The predicted molar refractivity (Wildman–Crippen MR) is 97.1 cm³/mol. The number of hydrogen-bond donors (Lipinski definition) is 1. The number of rotatable bonds is 8. The molecule has 0 radical (unpaired) electrons. The van der Waals surface area contributed by atoms with Crippen LogP contribution in [0.5, 0.6) is 0 Å². The highest BCUT2D eigenvalue weighted by Gasteiger charge is 2.26. The largest absolute Gasteiger partial charge is 0.360 e. The van der Waals surface area contributed by atoms with Crippen molar-refractivity contribution < 1.29 is 9.53 Å². The Bertz CT molecular complexity index is 663. The topological polar surface area (TPSA) is 56.2 Å². The van der Waals surface area contributed by atoms with Crippen molar-refractivity contribution in [1.29, 1.82) is 0 Å². The fourth-order valence-corrected chi connectivity index (χ4v) is 3.33. The third-order valence-corrected chi connectivity index (χ3v) is 4.77. The fraction of sp³-hybridized carbons (Fsp3) is 0.500. The number of carbonyl (C=O) groups is 1. The maximum Gasteiger partial charge on any atom is 0.253 e. The van der Waals surface area contributed by atoms with Gasteiger partial charge < -0.3 is 14.6 Å². The van der Waals surface area contributed by atoms with Crippen LogP contribution in [0.2, 0.25) is 0 Å². The average molecular weight is 341 g/mol. The molecule has 2 aromatic rings. The summed E-state index contributed by atoms with van der Waals surface area (Å²) in [5.74, 6) is 0.957. The first-order chi connectivity index (χ1) is 12.2. The van der Waals surface area contributed by atoms with Gasteiger partial charge in [-0.25, -0.2) is 4.98 Å². The van der Waals surface area contributed by atoms with Crippen molar-refractivity contribution in [2.75, 3.05) is 6.54 Å². The van der Waals surface area contributed by atoms with Gasteiger partial charge >= 0.3 is 0 Å². The van der Waals surface area contributed by atoms with Crippen LogP contribution in [0.4, 0.5) is 0 Å². The van der Waals surface area contributed by atoms with Gasteiger partial charge in [0, 0.05) is 25.5 Å². The molecule has 0 saturated heterocycles. The standard InChI is InChI=1S/C20H27N3O2/c1-16-21-13-15-23(16)14-7-12-22-20(24)19(17-8-3-2-4-9-17)25-18-10-5-6-11-18/h2-4,8-9,13,15,18-19H,5-7,10-12,14H2,1H3,(H,22,24). The van der Waals surface area contributed by atoms with E-state index in [1.807, 2.05) is 43.5 Å². The van der Waals surface area contributed by atoms with Gasteiger partial charge in [-0.05, 0) is 31.7 Å². The molecular weight excluding hydrogens is 314 g/mol. The second kappa shape index (κ2) is 8.81. The molecule has 1 atom stereocenters. The molecule has 1 heterocycles. The number of amides is 1. The number of imidazole rings is 1. The van der Waals surface area contributed by atoms with E-state index in [2.05, 4.69) is 14.9 Å². The van der Waals surface area contributed by atoms with Crippen LogP contribution >= 0.6 is 0 Å². The lowest BCUT2D eigenvalue weighted by Gasteiger charge is -2.22. The number of hydrogen-bond acceptors (Lipinski definition) is 3. The SMILES string of the molecule is Cc1nccn1CCCNC(=O)C(OC1CCCC1)c1ccccc1. The Hall–Kier alpha value is -2.14. The molecular formula is C20H27N3O2. The lowest BCUT2D eigenvalue weighted by molar-refractivity contribution is -0.137. The minimum Gasteiger partial charge on any atom is -0.360 e. The Kier molecular flexibility index (Phi) is 6.23. The van der Waals surface area contributed by atoms with Gasteiger partial charge in [0.25, 0.3) is 5.91 Å². The zero-order valence-electron chi connectivity index (χ0n) is 14.9. The van der Waals surface area contributed by atoms with Crippen molar-refractivity contribution in [3.8, 4) is 0 Å². The van der Waals surface area contributed by atoms with Crippen LogP contribution in [0.25, 0.3) is 0 Å². The molecule has 25 heavy (non-hydrogen) atoms. The van der Waals surface area contributed by atoms with E-state index in [4.69, 9.17) is 4.74 Å². The second-order valence-electron chi connectivity index (χ2n) is 6.65. The van der Waals surface area contributed by atoms with E-state index >= 15 is 0 Å². The second-order valence-corrected chi connectivity index (χ2v) is 6.65. The summed E-state index contributed by atoms with van der Waals surface area (Å²) in [6.45, 7) is 3.47. The first kappa shape index (κ1) is 17.7. The Morgan fingerprint density at radius 3 is 2.76 bits per heavy atom. The van der Waals surface area contributed by atoms with Crippen LogP contribution in [0, 0.1) is 6.92 Å². The van der Waals surface area contributed by atoms with Crippen molar-refractivity contribution in [3.05, 3.63) is 54.1 Å². The van der Waals surface area contributed by atoms with Crippen molar-refractivity contribution in [1.82, 2.24) is 14.9 Å². The predicted octanol–water partition coefficient (Wildman–Crippen LogP) is 3.40. The fourth-order valence-electron chi connectivity index (χ4n) is 3.33. The van der Waals surface area contributed by atoms with Crippen LogP contribution in [-0.2, 0) is 16.1 Å². The van der Waals surface area contributed by atoms with E-state index in [0.717, 1.165) is 37.2 Å². The molecule has 0 aliphatic heterocycles. The van der Waals surface area contributed by atoms with Gasteiger partial charge in [-0.15, -0.1) is 0 Å². The Balaban J connectivity index is 1.54. The van der Waals surface area contributed by atoms with Gasteiger partial charge in [-0.3, -0.25) is 4.79 Å². The van der Waals surface area contributed by atoms with Crippen LogP contribution in [-0.4, -0.2) is 28.1 Å². The summed E-state index contributed by atoms with van der Waals surface area (Å²) in [5, 5.41) is 3.04. The normalized spacial score (nSPS) is 16.0. The Morgan fingerprint density at radius 2 is 2.08 bits per heavy atom. The summed E-state index contributed by atoms with van der Waals surface area (Å²) in [5.41, 5.74) is 0.928. The third-order valence-electron chi connectivity index (χ3n) is 4.77. The van der Waals surface area contributed by atoms with Gasteiger partial charge in [-0.1, -0.05) is 43.2 Å². The third kappa shape index (κ3) is 4.92. The highest BCUT2D eigenvalue weighted by molar-refractivity contribution is 5.82. The van der Waals surface area contributed by atoms with Crippen molar-refractivity contribution in [3.63, 3.8) is 0 Å². The minimum absolute atomic E-state index is 0.0412. The summed E-state index contributed by atoms with van der Waals surface area (Å²) in [4.78, 5) is 16.9. The Labute approximate surface area is 149 Å². The minimum atomic E-state index is -0.515. The van der Waals surface area contributed by atoms with Crippen molar-refractivity contribution in [2.45, 2.75) is 57.8 Å². The molecule has 1 fully saturated rings. The molecule has 0 bridgehead atoms. The smallest absolute Gasteiger partial charge is 0.253 e. The van der Waals surface area contributed by atoms with E-state index < -0.39 is 6.10 Å². The van der Waals surface area contributed by atoms with E-state index in [1.54, 1.807) is 6.20 Å². The molecule has 0 spiro atoms. The van der Waals surface area contributed by atoms with Gasteiger partial charge in [0.15, 0.2) is 6.10 Å². The number of carbonyl (C=O) groups excluding carboxylic acids is 1. The van der Waals surface area contributed by atoms with Crippen LogP contribution < -0.4 is 5.32 Å². The van der Waals surface area contributed by atoms with Crippen LogP contribution in [0.3, 0.4) is 0 Å². The van der Waals surface area contributed by atoms with Gasteiger partial charge in [0.05, 0.1) is 6.10 Å². The number of benzene rings is 1. The van der Waals surface area contributed by atoms with Gasteiger partial charge in [0.2, 0.25) is 0 Å². The first-order valence-corrected chi connectivity index (χ1v) is 9.20. The number of nitrogens with zero attached hydrogens (tertiary/aromatic N) is 2. The molecule has 1 aliphatic carbocycles. The zero-order valence-corrected chi connectivity index (χ0v) is 14.9. The number of nitrogens with one attached hydrogen (secondary N) is 1. The number of aryl methyl sites for hydroxylation is 2. The molecule has 1 aromatic carbocycles. The molecule has 1 N–H and O–H groups in total. The van der Waals surface area contributed by atoms with Gasteiger partial charge in [-0.2, -0.15) is 0 Å². The summed E-state index contributed by atoms with van der Waals surface area (Å²) in [6.07, 6.45) is 8.81. The summed E-state index contributed by atoms with van der Waals surface area (Å²) < 4.78 is 8.25. The number of ether oxygens (including phenoxy) is 1. The summed E-state index contributed by atoms with van der Waals surface area (Å²) >= 11 is 0. The molecule has 5 nitrogen and oxygen atoms in total. The van der Waals surface area contributed by atoms with E-state index in [1.165, 1.54) is 12.8 Å². The monoisotopic (exact) mass is 341 g/mol. The molecule has 3 rings (SSSR count). The highest BCUT2D eigenvalue weighted by Crippen LogP contribution is 2.28. The Morgan fingerprint density at radius 1 is 1.32 bits per heavy atom. The zero-order chi connectivity index (χ0) is 17.5. The van der Waals surface area contributed by atoms with Crippen LogP contribution in [0.15, 0.2) is 42.7 Å². The number of aromatic nitrogens is 2. The van der Waals surface area contributed by atoms with E-state index in [9.17, 15) is 4.79 Å². The molecule has 1 amide bonds. The lowest BCUT2D eigenvalue weighted by Crippen LogP contribution is -2.33. The highest BCUT2D eigenvalue weighted by atomic mass is 16.5. The molecule has 1 aromatic heterocycles. The van der Waals surface area contributed by atoms with Crippen LogP contribution in [0.1, 0.15) is 49.6 Å².